The molecule has 1 aliphatic rings. The number of carbonyl (C=O) groups excluding carboxylic acids is 1. The van der Waals surface area contributed by atoms with Gasteiger partial charge in [-0.2, -0.15) is 0 Å². The predicted octanol–water partition coefficient (Wildman–Crippen LogP) is 3.25. The maximum atomic E-state index is 12.3. The first-order valence-corrected chi connectivity index (χ1v) is 10.0. The van der Waals surface area contributed by atoms with Crippen LogP contribution in [-0.2, 0) is 12.8 Å². The topological polar surface area (TPSA) is 73.1 Å². The molecule has 1 unspecified atom stereocenters. The number of H-pyrrole nitrogens is 1. The first kappa shape index (κ1) is 18.3. The molecule has 2 amide bonds. The highest BCUT2D eigenvalue weighted by Gasteiger charge is 2.24. The lowest BCUT2D eigenvalue weighted by Gasteiger charge is -2.18. The number of aromatic nitrogens is 2. The normalized spacial score (nSPS) is 16.5. The Morgan fingerprint density at radius 2 is 2.18 bits per heavy atom. The Balaban J connectivity index is 1.26. The highest BCUT2D eigenvalue weighted by Crippen LogP contribution is 2.22. The fourth-order valence-corrected chi connectivity index (χ4v) is 3.95. The van der Waals surface area contributed by atoms with Crippen molar-refractivity contribution in [1.29, 1.82) is 0 Å². The minimum absolute atomic E-state index is 0.0954. The van der Waals surface area contributed by atoms with Gasteiger partial charge in [0.2, 0.25) is 0 Å². The smallest absolute Gasteiger partial charge is 0.315 e. The van der Waals surface area contributed by atoms with Gasteiger partial charge in [0.05, 0.1) is 0 Å². The molecule has 3 N–H and O–H groups in total. The van der Waals surface area contributed by atoms with Crippen molar-refractivity contribution in [2.75, 3.05) is 24.5 Å². The van der Waals surface area contributed by atoms with Crippen molar-refractivity contribution in [2.45, 2.75) is 32.2 Å². The number of carbonyl (C=O) groups is 1. The highest BCUT2D eigenvalue weighted by molar-refractivity contribution is 5.86. The van der Waals surface area contributed by atoms with Gasteiger partial charge in [-0.3, -0.25) is 0 Å². The lowest BCUT2D eigenvalue weighted by atomic mass is 10.1. The van der Waals surface area contributed by atoms with E-state index in [9.17, 15) is 4.79 Å². The van der Waals surface area contributed by atoms with Crippen LogP contribution in [0.5, 0.6) is 0 Å². The summed E-state index contributed by atoms with van der Waals surface area (Å²) in [5, 5.41) is 7.34. The molecule has 1 aromatic carbocycles. The van der Waals surface area contributed by atoms with E-state index in [1.165, 1.54) is 22.0 Å². The van der Waals surface area contributed by atoms with Crippen molar-refractivity contribution in [1.82, 2.24) is 20.6 Å². The second-order valence-electron chi connectivity index (χ2n) is 7.28. The van der Waals surface area contributed by atoms with Crippen molar-refractivity contribution in [3.05, 3.63) is 59.9 Å². The van der Waals surface area contributed by atoms with Crippen LogP contribution >= 0.6 is 0 Å². The van der Waals surface area contributed by atoms with Crippen LogP contribution in [-0.4, -0.2) is 41.7 Å². The van der Waals surface area contributed by atoms with Gasteiger partial charge in [0.1, 0.15) is 5.82 Å². The number of hydrogen-bond acceptors (Lipinski definition) is 3. The Morgan fingerprint density at radius 1 is 1.25 bits per heavy atom. The van der Waals surface area contributed by atoms with Gasteiger partial charge in [0.15, 0.2) is 0 Å². The number of aryl methyl sites for hydroxylation is 1. The zero-order chi connectivity index (χ0) is 19.3. The Morgan fingerprint density at radius 3 is 3.00 bits per heavy atom. The predicted molar refractivity (Wildman–Crippen MR) is 113 cm³/mol. The van der Waals surface area contributed by atoms with Crippen molar-refractivity contribution in [3.8, 4) is 0 Å². The van der Waals surface area contributed by atoms with Gasteiger partial charge >= 0.3 is 6.03 Å². The molecule has 146 valence electrons. The summed E-state index contributed by atoms with van der Waals surface area (Å²) < 4.78 is 0. The lowest BCUT2D eigenvalue weighted by molar-refractivity contribution is 0.238. The fraction of sp³-hybridized carbons (Fsp3) is 0.364. The zero-order valence-electron chi connectivity index (χ0n) is 16.2. The summed E-state index contributed by atoms with van der Waals surface area (Å²) in [5.41, 5.74) is 3.78. The third-order valence-electron chi connectivity index (χ3n) is 5.44. The van der Waals surface area contributed by atoms with Crippen LogP contribution in [0.2, 0.25) is 0 Å². The number of nitrogens with one attached hydrogen (secondary N) is 3. The molecule has 3 aromatic rings. The number of anilines is 1. The van der Waals surface area contributed by atoms with Crippen molar-refractivity contribution in [2.24, 2.45) is 0 Å². The summed E-state index contributed by atoms with van der Waals surface area (Å²) in [6, 6.07) is 12.4. The summed E-state index contributed by atoms with van der Waals surface area (Å²) in [7, 11) is 0. The van der Waals surface area contributed by atoms with E-state index in [0.717, 1.165) is 38.2 Å². The largest absolute Gasteiger partial charge is 0.361 e. The minimum Gasteiger partial charge on any atom is -0.361 e. The minimum atomic E-state index is -0.0954. The number of hydrogen-bond donors (Lipinski definition) is 3. The molecule has 3 heterocycles. The molecule has 4 rings (SSSR count). The first-order chi connectivity index (χ1) is 13.7. The molecule has 1 fully saturated rings. The fourth-order valence-electron chi connectivity index (χ4n) is 3.95. The van der Waals surface area contributed by atoms with Gasteiger partial charge in [-0.1, -0.05) is 31.2 Å². The molecule has 6 nitrogen and oxygen atoms in total. The monoisotopic (exact) mass is 377 g/mol. The van der Waals surface area contributed by atoms with Crippen LogP contribution in [0.1, 0.15) is 24.5 Å². The van der Waals surface area contributed by atoms with Gasteiger partial charge in [0.25, 0.3) is 0 Å². The molecule has 1 atom stereocenters. The maximum Gasteiger partial charge on any atom is 0.315 e. The van der Waals surface area contributed by atoms with Crippen molar-refractivity contribution in [3.63, 3.8) is 0 Å². The van der Waals surface area contributed by atoms with Gasteiger partial charge in [-0.15, -0.1) is 0 Å². The summed E-state index contributed by atoms with van der Waals surface area (Å²) in [6.07, 6.45) is 6.62. The molecule has 0 radical (unpaired) electrons. The number of pyridine rings is 1. The van der Waals surface area contributed by atoms with E-state index in [1.807, 2.05) is 18.2 Å². The van der Waals surface area contributed by atoms with Gasteiger partial charge in [0, 0.05) is 49.0 Å². The van der Waals surface area contributed by atoms with Crippen LogP contribution in [0.4, 0.5) is 10.6 Å². The van der Waals surface area contributed by atoms with E-state index in [2.05, 4.69) is 56.8 Å². The Bertz CT molecular complexity index is 937. The number of amides is 2. The molecule has 0 aliphatic carbocycles. The standard InChI is InChI=1S/C22H27N5O/c1-2-16-6-5-7-19-17(14-25-21(16)19)9-12-24-22(28)26-18-10-13-27(15-18)20-8-3-4-11-23-20/h3-8,11,14,18,25H,2,9-10,12-13,15H2,1H3,(H2,24,26,28). The van der Waals surface area contributed by atoms with Crippen LogP contribution in [0.15, 0.2) is 48.8 Å². The second-order valence-corrected chi connectivity index (χ2v) is 7.28. The molecule has 0 spiro atoms. The summed E-state index contributed by atoms with van der Waals surface area (Å²) >= 11 is 0. The summed E-state index contributed by atoms with van der Waals surface area (Å²) in [4.78, 5) is 22.3. The highest BCUT2D eigenvalue weighted by atomic mass is 16.2. The van der Waals surface area contributed by atoms with Crippen molar-refractivity contribution >= 4 is 22.8 Å². The first-order valence-electron chi connectivity index (χ1n) is 10.0. The third-order valence-corrected chi connectivity index (χ3v) is 5.44. The number of nitrogens with zero attached hydrogens (tertiary/aromatic N) is 2. The molecular weight excluding hydrogens is 350 g/mol. The quantitative estimate of drug-likeness (QED) is 0.617. The average molecular weight is 377 g/mol. The van der Waals surface area contributed by atoms with Crippen LogP contribution < -0.4 is 15.5 Å². The summed E-state index contributed by atoms with van der Waals surface area (Å²) in [5.74, 6) is 0.970. The number of benzene rings is 1. The molecular formula is C22H27N5O. The SMILES string of the molecule is CCc1cccc2c(CCNC(=O)NC3CCN(c4ccccn4)C3)c[nH]c12. The Hall–Kier alpha value is -3.02. The van der Waals surface area contributed by atoms with Gasteiger partial charge in [-0.25, -0.2) is 9.78 Å². The lowest BCUT2D eigenvalue weighted by Crippen LogP contribution is -2.44. The number of rotatable bonds is 6. The molecule has 1 saturated heterocycles. The van der Waals surface area contributed by atoms with E-state index < -0.39 is 0 Å². The number of aromatic amines is 1. The molecule has 28 heavy (non-hydrogen) atoms. The van der Waals surface area contributed by atoms with Crippen LogP contribution in [0.3, 0.4) is 0 Å². The molecule has 0 bridgehead atoms. The van der Waals surface area contributed by atoms with E-state index in [0.29, 0.717) is 6.54 Å². The van der Waals surface area contributed by atoms with Crippen LogP contribution in [0.25, 0.3) is 10.9 Å². The Labute approximate surface area is 165 Å². The number of fused-ring (bicyclic) bond motifs is 1. The number of para-hydroxylation sites is 1. The third kappa shape index (κ3) is 3.96. The Kier molecular flexibility index (Phi) is 5.46. The molecule has 0 saturated carbocycles. The second kappa shape index (κ2) is 8.33. The van der Waals surface area contributed by atoms with Gasteiger partial charge in [-0.05, 0) is 42.5 Å². The summed E-state index contributed by atoms with van der Waals surface area (Å²) in [6.45, 7) is 4.49. The zero-order valence-corrected chi connectivity index (χ0v) is 16.2. The maximum absolute atomic E-state index is 12.3. The molecule has 1 aliphatic heterocycles. The average Bonchev–Trinajstić information content (AvgIpc) is 3.36. The van der Waals surface area contributed by atoms with E-state index in [1.54, 1.807) is 6.20 Å². The number of urea groups is 1. The van der Waals surface area contributed by atoms with Crippen LogP contribution in [0, 0.1) is 0 Å². The molecule has 6 heteroatoms. The van der Waals surface area contributed by atoms with E-state index in [4.69, 9.17) is 0 Å². The van der Waals surface area contributed by atoms with E-state index in [-0.39, 0.29) is 12.1 Å². The van der Waals surface area contributed by atoms with E-state index >= 15 is 0 Å². The van der Waals surface area contributed by atoms with Crippen molar-refractivity contribution < 1.29 is 4.79 Å². The molecule has 2 aromatic heterocycles. The van der Waals surface area contributed by atoms with Gasteiger partial charge < -0.3 is 20.5 Å².